The number of halogens is 1. The van der Waals surface area contributed by atoms with Crippen LogP contribution in [0.15, 0.2) is 0 Å². The van der Waals surface area contributed by atoms with E-state index >= 15 is 0 Å². The molecule has 0 fully saturated rings. The van der Waals surface area contributed by atoms with Gasteiger partial charge in [-0.2, -0.15) is 9.97 Å². The summed E-state index contributed by atoms with van der Waals surface area (Å²) < 4.78 is 5.23. The standard InChI is InChI=1S/C9H10ClN3O/c1-3-4-5-6-14-9-12-7(2)11-8(10)13-9/h1H,4-6H2,2H3. The van der Waals surface area contributed by atoms with Gasteiger partial charge in [-0.3, -0.25) is 0 Å². The highest BCUT2D eigenvalue weighted by atomic mass is 35.5. The molecule has 0 unspecified atom stereocenters. The van der Waals surface area contributed by atoms with Crippen molar-refractivity contribution in [3.8, 4) is 18.4 Å². The molecule has 0 aliphatic heterocycles. The quantitative estimate of drug-likeness (QED) is 0.561. The van der Waals surface area contributed by atoms with Gasteiger partial charge in [0.05, 0.1) is 6.61 Å². The minimum absolute atomic E-state index is 0.143. The van der Waals surface area contributed by atoms with E-state index in [0.29, 0.717) is 18.9 Å². The van der Waals surface area contributed by atoms with Gasteiger partial charge in [0.1, 0.15) is 5.82 Å². The lowest BCUT2D eigenvalue weighted by molar-refractivity contribution is 0.286. The van der Waals surface area contributed by atoms with E-state index in [2.05, 4.69) is 20.9 Å². The van der Waals surface area contributed by atoms with E-state index in [4.69, 9.17) is 22.8 Å². The number of rotatable bonds is 4. The molecule has 0 saturated carbocycles. The highest BCUT2D eigenvalue weighted by Gasteiger charge is 2.01. The number of hydrogen-bond acceptors (Lipinski definition) is 4. The van der Waals surface area contributed by atoms with Gasteiger partial charge in [0.25, 0.3) is 0 Å². The fourth-order valence-electron chi connectivity index (χ4n) is 0.828. The first-order valence-corrected chi connectivity index (χ1v) is 4.54. The average molecular weight is 212 g/mol. The van der Waals surface area contributed by atoms with Gasteiger partial charge in [-0.25, -0.2) is 4.98 Å². The highest BCUT2D eigenvalue weighted by molar-refractivity contribution is 6.28. The van der Waals surface area contributed by atoms with Crippen LogP contribution in [-0.4, -0.2) is 21.6 Å². The summed E-state index contributed by atoms with van der Waals surface area (Å²) >= 11 is 5.62. The monoisotopic (exact) mass is 211 g/mol. The molecule has 0 spiro atoms. The average Bonchev–Trinajstić information content (AvgIpc) is 2.11. The number of aryl methyl sites for hydroxylation is 1. The lowest BCUT2D eigenvalue weighted by Gasteiger charge is -2.02. The van der Waals surface area contributed by atoms with E-state index in [1.807, 2.05) is 0 Å². The maximum absolute atomic E-state index is 5.62. The molecule has 0 radical (unpaired) electrons. The zero-order valence-corrected chi connectivity index (χ0v) is 8.58. The van der Waals surface area contributed by atoms with Gasteiger partial charge in [0, 0.05) is 6.42 Å². The first-order valence-electron chi connectivity index (χ1n) is 4.17. The van der Waals surface area contributed by atoms with Gasteiger partial charge in [0.2, 0.25) is 5.28 Å². The van der Waals surface area contributed by atoms with Crippen molar-refractivity contribution in [3.63, 3.8) is 0 Å². The molecule has 0 bridgehead atoms. The molecule has 74 valence electrons. The summed E-state index contributed by atoms with van der Waals surface area (Å²) in [5.41, 5.74) is 0. The molecule has 14 heavy (non-hydrogen) atoms. The number of terminal acetylenes is 1. The maximum Gasteiger partial charge on any atom is 0.320 e. The van der Waals surface area contributed by atoms with E-state index in [1.54, 1.807) is 6.92 Å². The largest absolute Gasteiger partial charge is 0.463 e. The van der Waals surface area contributed by atoms with Crippen molar-refractivity contribution in [2.45, 2.75) is 19.8 Å². The molecule has 4 nitrogen and oxygen atoms in total. The normalized spacial score (nSPS) is 9.50. The first kappa shape index (κ1) is 10.7. The Balaban J connectivity index is 2.47. The molecule has 5 heteroatoms. The van der Waals surface area contributed by atoms with Gasteiger partial charge in [-0.15, -0.1) is 12.3 Å². The molecule has 0 atom stereocenters. The minimum atomic E-state index is 0.143. The Hall–Kier alpha value is -1.34. The predicted octanol–water partition coefficient (Wildman–Crippen LogP) is 1.63. The minimum Gasteiger partial charge on any atom is -0.463 e. The Kier molecular flexibility index (Phi) is 4.14. The lowest BCUT2D eigenvalue weighted by atomic mass is 10.3. The molecule has 0 saturated heterocycles. The second-order valence-corrected chi connectivity index (χ2v) is 2.93. The number of nitrogens with zero attached hydrogens (tertiary/aromatic N) is 3. The zero-order valence-electron chi connectivity index (χ0n) is 7.83. The Morgan fingerprint density at radius 2 is 2.21 bits per heavy atom. The molecule has 1 heterocycles. The van der Waals surface area contributed by atoms with Crippen LogP contribution in [0.25, 0.3) is 0 Å². The molecule has 0 aromatic carbocycles. The van der Waals surface area contributed by atoms with Crippen LogP contribution in [0.4, 0.5) is 0 Å². The van der Waals surface area contributed by atoms with Crippen LogP contribution in [0.3, 0.4) is 0 Å². The molecular weight excluding hydrogens is 202 g/mol. The zero-order chi connectivity index (χ0) is 10.4. The SMILES string of the molecule is C#CCCCOc1nc(C)nc(Cl)n1. The molecule has 0 aliphatic carbocycles. The van der Waals surface area contributed by atoms with Crippen LogP contribution >= 0.6 is 11.6 Å². The third-order valence-electron chi connectivity index (χ3n) is 1.40. The molecule has 1 aromatic rings. The fraction of sp³-hybridized carbons (Fsp3) is 0.444. The third-order valence-corrected chi connectivity index (χ3v) is 1.57. The molecule has 0 aliphatic rings. The summed E-state index contributed by atoms with van der Waals surface area (Å²) in [5.74, 6) is 3.06. The van der Waals surface area contributed by atoms with Crippen LogP contribution in [0, 0.1) is 19.3 Å². The first-order chi connectivity index (χ1) is 6.72. The predicted molar refractivity (Wildman–Crippen MR) is 53.1 cm³/mol. The van der Waals surface area contributed by atoms with Crippen molar-refractivity contribution in [3.05, 3.63) is 11.1 Å². The summed E-state index contributed by atoms with van der Waals surface area (Å²) in [6.45, 7) is 2.21. The van der Waals surface area contributed by atoms with Crippen molar-refractivity contribution < 1.29 is 4.74 Å². The summed E-state index contributed by atoms with van der Waals surface area (Å²) in [5, 5.41) is 0.143. The summed E-state index contributed by atoms with van der Waals surface area (Å²) in [7, 11) is 0. The van der Waals surface area contributed by atoms with E-state index in [9.17, 15) is 0 Å². The lowest BCUT2D eigenvalue weighted by Crippen LogP contribution is -2.03. The maximum atomic E-state index is 5.62. The van der Waals surface area contributed by atoms with Gasteiger partial charge in [-0.1, -0.05) is 0 Å². The van der Waals surface area contributed by atoms with E-state index < -0.39 is 0 Å². The van der Waals surface area contributed by atoms with Crippen molar-refractivity contribution in [1.82, 2.24) is 15.0 Å². The van der Waals surface area contributed by atoms with Gasteiger partial charge >= 0.3 is 6.01 Å². The van der Waals surface area contributed by atoms with Gasteiger partial charge in [-0.05, 0) is 24.9 Å². The molecular formula is C9H10ClN3O. The number of hydrogen-bond donors (Lipinski definition) is 0. The van der Waals surface area contributed by atoms with Crippen LogP contribution in [0.2, 0.25) is 5.28 Å². The molecule has 0 N–H and O–H groups in total. The van der Waals surface area contributed by atoms with Gasteiger partial charge < -0.3 is 4.74 Å². The van der Waals surface area contributed by atoms with Crippen LogP contribution < -0.4 is 4.74 Å². The smallest absolute Gasteiger partial charge is 0.320 e. The molecule has 1 rings (SSSR count). The Bertz CT molecular complexity index is 328. The summed E-state index contributed by atoms with van der Waals surface area (Å²) in [6, 6.07) is 0.250. The second kappa shape index (κ2) is 5.40. The van der Waals surface area contributed by atoms with E-state index in [-0.39, 0.29) is 11.3 Å². The van der Waals surface area contributed by atoms with E-state index in [0.717, 1.165) is 6.42 Å². The van der Waals surface area contributed by atoms with Crippen LogP contribution in [0.1, 0.15) is 18.7 Å². The summed E-state index contributed by atoms with van der Waals surface area (Å²) in [4.78, 5) is 11.6. The van der Waals surface area contributed by atoms with Gasteiger partial charge in [0.15, 0.2) is 0 Å². The second-order valence-electron chi connectivity index (χ2n) is 2.59. The Labute approximate surface area is 87.7 Å². The van der Waals surface area contributed by atoms with Crippen molar-refractivity contribution >= 4 is 11.6 Å². The van der Waals surface area contributed by atoms with Crippen molar-refractivity contribution in [2.75, 3.05) is 6.61 Å². The number of unbranched alkanes of at least 4 members (excludes halogenated alkanes) is 1. The third kappa shape index (κ3) is 3.58. The topological polar surface area (TPSA) is 47.9 Å². The Morgan fingerprint density at radius 1 is 1.43 bits per heavy atom. The van der Waals surface area contributed by atoms with Crippen molar-refractivity contribution in [2.24, 2.45) is 0 Å². The van der Waals surface area contributed by atoms with E-state index in [1.165, 1.54) is 0 Å². The summed E-state index contributed by atoms with van der Waals surface area (Å²) in [6.07, 6.45) is 6.54. The molecule has 1 aromatic heterocycles. The highest BCUT2D eigenvalue weighted by Crippen LogP contribution is 2.07. The van der Waals surface area contributed by atoms with Crippen LogP contribution in [0.5, 0.6) is 6.01 Å². The number of ether oxygens (including phenoxy) is 1. The molecule has 0 amide bonds. The Morgan fingerprint density at radius 3 is 2.86 bits per heavy atom. The fourth-order valence-corrected chi connectivity index (χ4v) is 1.02. The number of aromatic nitrogens is 3. The van der Waals surface area contributed by atoms with Crippen LogP contribution in [-0.2, 0) is 0 Å². The van der Waals surface area contributed by atoms with Crippen molar-refractivity contribution in [1.29, 1.82) is 0 Å².